The highest BCUT2D eigenvalue weighted by Gasteiger charge is 2.21. The first-order chi connectivity index (χ1) is 12.2. The molecule has 0 radical (unpaired) electrons. The molecule has 4 nitrogen and oxygen atoms in total. The number of carbonyl (C=O) groups excluding carboxylic acids is 2. The first-order valence-corrected chi connectivity index (χ1v) is 8.80. The van der Waals surface area contributed by atoms with Gasteiger partial charge in [-0.05, 0) is 54.5 Å². The number of esters is 1. The van der Waals surface area contributed by atoms with Crippen LogP contribution in [0.4, 0.5) is 0 Å². The van der Waals surface area contributed by atoms with E-state index in [2.05, 4.69) is 24.4 Å². The summed E-state index contributed by atoms with van der Waals surface area (Å²) < 4.78 is 5.14. The Morgan fingerprint density at radius 2 is 1.88 bits per heavy atom. The highest BCUT2D eigenvalue weighted by atomic mass is 16.5. The number of hydrogen-bond acceptors (Lipinski definition) is 3. The Hall–Kier alpha value is -2.62. The number of nitrogens with one attached hydrogen (secondary N) is 1. The molecule has 0 bridgehead atoms. The first kappa shape index (κ1) is 17.2. The summed E-state index contributed by atoms with van der Waals surface area (Å²) in [7, 11) is 0. The van der Waals surface area contributed by atoms with Crippen molar-refractivity contribution in [2.75, 3.05) is 6.61 Å². The Morgan fingerprint density at radius 1 is 1.12 bits per heavy atom. The number of rotatable bonds is 5. The van der Waals surface area contributed by atoms with Crippen LogP contribution in [0, 0.1) is 0 Å². The molecular weight excluding hydrogens is 314 g/mol. The maximum absolute atomic E-state index is 12.2. The van der Waals surface area contributed by atoms with Crippen molar-refractivity contribution in [3.05, 3.63) is 70.8 Å². The van der Waals surface area contributed by atoms with E-state index in [1.54, 1.807) is 12.1 Å². The molecule has 0 fully saturated rings. The number of fused-ring (bicyclic) bond motifs is 1. The molecule has 0 aliphatic heterocycles. The van der Waals surface area contributed by atoms with Crippen molar-refractivity contribution in [1.29, 1.82) is 0 Å². The molecule has 0 spiro atoms. The van der Waals surface area contributed by atoms with Gasteiger partial charge in [0.1, 0.15) is 0 Å². The van der Waals surface area contributed by atoms with Crippen molar-refractivity contribution in [3.63, 3.8) is 0 Å². The van der Waals surface area contributed by atoms with Crippen LogP contribution < -0.4 is 5.32 Å². The third-order valence-corrected chi connectivity index (χ3v) is 4.64. The number of carbonyl (C=O) groups is 2. The SMILES string of the molecule is CCc1ccc(C(=O)OCC(=O)N[C@@H]2CCCc3ccccc32)cc1. The van der Waals surface area contributed by atoms with Crippen LogP contribution in [-0.4, -0.2) is 18.5 Å². The summed E-state index contributed by atoms with van der Waals surface area (Å²) in [4.78, 5) is 24.2. The van der Waals surface area contributed by atoms with Crippen molar-refractivity contribution >= 4 is 11.9 Å². The Bertz CT molecular complexity index is 752. The quantitative estimate of drug-likeness (QED) is 0.848. The van der Waals surface area contributed by atoms with E-state index in [0.29, 0.717) is 5.56 Å². The lowest BCUT2D eigenvalue weighted by Gasteiger charge is -2.26. The lowest BCUT2D eigenvalue weighted by atomic mass is 9.88. The van der Waals surface area contributed by atoms with E-state index in [1.165, 1.54) is 11.1 Å². The molecule has 0 unspecified atom stereocenters. The molecule has 0 saturated carbocycles. The summed E-state index contributed by atoms with van der Waals surface area (Å²) in [5.41, 5.74) is 4.08. The molecule has 0 heterocycles. The minimum Gasteiger partial charge on any atom is -0.452 e. The molecule has 2 aromatic rings. The van der Waals surface area contributed by atoms with E-state index in [0.717, 1.165) is 31.2 Å². The van der Waals surface area contributed by atoms with Gasteiger partial charge in [-0.3, -0.25) is 4.79 Å². The van der Waals surface area contributed by atoms with Gasteiger partial charge in [-0.15, -0.1) is 0 Å². The van der Waals surface area contributed by atoms with Crippen LogP contribution in [0.2, 0.25) is 0 Å². The van der Waals surface area contributed by atoms with Gasteiger partial charge in [-0.25, -0.2) is 4.79 Å². The summed E-state index contributed by atoms with van der Waals surface area (Å²) in [6.45, 7) is 1.80. The second-order valence-electron chi connectivity index (χ2n) is 6.34. The first-order valence-electron chi connectivity index (χ1n) is 8.80. The number of benzene rings is 2. The van der Waals surface area contributed by atoms with Gasteiger partial charge in [0.15, 0.2) is 6.61 Å². The molecule has 0 saturated heterocycles. The highest BCUT2D eigenvalue weighted by Crippen LogP contribution is 2.29. The second kappa shape index (κ2) is 7.97. The summed E-state index contributed by atoms with van der Waals surface area (Å²) in [6, 6.07) is 15.4. The fraction of sp³-hybridized carbons (Fsp3) is 0.333. The maximum atomic E-state index is 12.2. The van der Waals surface area contributed by atoms with Crippen LogP contribution >= 0.6 is 0 Å². The van der Waals surface area contributed by atoms with E-state index >= 15 is 0 Å². The molecular formula is C21H23NO3. The molecule has 130 valence electrons. The molecule has 2 aromatic carbocycles. The summed E-state index contributed by atoms with van der Waals surface area (Å²) in [6.07, 6.45) is 3.92. The van der Waals surface area contributed by atoms with Crippen molar-refractivity contribution in [2.45, 2.75) is 38.6 Å². The molecule has 1 amide bonds. The fourth-order valence-electron chi connectivity index (χ4n) is 3.23. The molecule has 25 heavy (non-hydrogen) atoms. The van der Waals surface area contributed by atoms with Crippen molar-refractivity contribution in [1.82, 2.24) is 5.32 Å². The minimum absolute atomic E-state index is 0.00000952. The molecule has 1 atom stereocenters. The van der Waals surface area contributed by atoms with Crippen molar-refractivity contribution < 1.29 is 14.3 Å². The highest BCUT2D eigenvalue weighted by molar-refractivity contribution is 5.91. The summed E-state index contributed by atoms with van der Waals surface area (Å²) in [5.74, 6) is -0.734. The molecule has 4 heteroatoms. The van der Waals surface area contributed by atoms with Crippen molar-refractivity contribution in [3.8, 4) is 0 Å². The zero-order valence-electron chi connectivity index (χ0n) is 14.5. The number of aryl methyl sites for hydroxylation is 2. The van der Waals surface area contributed by atoms with Crippen LogP contribution in [0.25, 0.3) is 0 Å². The lowest BCUT2D eigenvalue weighted by molar-refractivity contribution is -0.125. The van der Waals surface area contributed by atoms with Crippen LogP contribution in [0.5, 0.6) is 0 Å². The van der Waals surface area contributed by atoms with E-state index < -0.39 is 5.97 Å². The summed E-state index contributed by atoms with van der Waals surface area (Å²) in [5, 5.41) is 2.98. The standard InChI is InChI=1S/C21H23NO3/c1-2-15-10-12-17(13-11-15)21(24)25-14-20(23)22-19-9-5-7-16-6-3-4-8-18(16)19/h3-4,6,8,10-13,19H,2,5,7,9,14H2,1H3,(H,22,23)/t19-/m1/s1. The zero-order valence-corrected chi connectivity index (χ0v) is 14.5. The van der Waals surface area contributed by atoms with E-state index in [9.17, 15) is 9.59 Å². The van der Waals surface area contributed by atoms with Crippen LogP contribution in [0.3, 0.4) is 0 Å². The van der Waals surface area contributed by atoms with Gasteiger partial charge < -0.3 is 10.1 Å². The molecule has 0 aromatic heterocycles. The van der Waals surface area contributed by atoms with Gasteiger partial charge in [0.05, 0.1) is 11.6 Å². The predicted octanol–water partition coefficient (Wildman–Crippen LogP) is 3.60. The lowest BCUT2D eigenvalue weighted by Crippen LogP contribution is -2.34. The van der Waals surface area contributed by atoms with Gasteiger partial charge >= 0.3 is 5.97 Å². The van der Waals surface area contributed by atoms with Gasteiger partial charge in [0.25, 0.3) is 5.91 Å². The monoisotopic (exact) mass is 337 g/mol. The average molecular weight is 337 g/mol. The van der Waals surface area contributed by atoms with Gasteiger partial charge in [0.2, 0.25) is 0 Å². The molecule has 3 rings (SSSR count). The number of amides is 1. The van der Waals surface area contributed by atoms with E-state index in [4.69, 9.17) is 4.74 Å². The molecule has 1 aliphatic carbocycles. The van der Waals surface area contributed by atoms with Crippen LogP contribution in [-0.2, 0) is 22.4 Å². The Morgan fingerprint density at radius 3 is 2.64 bits per heavy atom. The smallest absolute Gasteiger partial charge is 0.338 e. The Kier molecular flexibility index (Phi) is 5.49. The third kappa shape index (κ3) is 4.27. The molecule has 1 aliphatic rings. The summed E-state index contributed by atoms with van der Waals surface area (Å²) >= 11 is 0. The largest absolute Gasteiger partial charge is 0.452 e. The minimum atomic E-state index is -0.471. The Labute approximate surface area is 148 Å². The number of ether oxygens (including phenoxy) is 1. The Balaban J connectivity index is 1.54. The fourth-order valence-corrected chi connectivity index (χ4v) is 3.23. The van der Waals surface area contributed by atoms with Crippen molar-refractivity contribution in [2.24, 2.45) is 0 Å². The average Bonchev–Trinajstić information content (AvgIpc) is 2.66. The topological polar surface area (TPSA) is 55.4 Å². The van der Waals surface area contributed by atoms with Gasteiger partial charge in [0, 0.05) is 0 Å². The second-order valence-corrected chi connectivity index (χ2v) is 6.34. The van der Waals surface area contributed by atoms with Crippen LogP contribution in [0.15, 0.2) is 48.5 Å². The van der Waals surface area contributed by atoms with Gasteiger partial charge in [-0.1, -0.05) is 43.3 Å². The maximum Gasteiger partial charge on any atom is 0.338 e. The third-order valence-electron chi connectivity index (χ3n) is 4.64. The van der Waals surface area contributed by atoms with Gasteiger partial charge in [-0.2, -0.15) is 0 Å². The van der Waals surface area contributed by atoms with E-state index in [-0.39, 0.29) is 18.6 Å². The van der Waals surface area contributed by atoms with Crippen LogP contribution in [0.1, 0.15) is 52.9 Å². The predicted molar refractivity (Wildman–Crippen MR) is 96.4 cm³/mol. The molecule has 1 N–H and O–H groups in total. The van der Waals surface area contributed by atoms with E-state index in [1.807, 2.05) is 24.3 Å². The normalized spacial score (nSPS) is 16.0. The number of hydrogen-bond donors (Lipinski definition) is 1. The zero-order chi connectivity index (χ0) is 17.6.